The SMILES string of the molecule is CCC(C)N1C(=O)N(c2ccccc2)C(N2CCNCC2c2ccccc2OC)[N+]1(Sc1nncn1C)C1COC(C)O1. The van der Waals surface area contributed by atoms with Gasteiger partial charge in [0.2, 0.25) is 0 Å². The fraction of sp³-hybridized carbons (Fsp3) is 0.500. The van der Waals surface area contributed by atoms with Gasteiger partial charge >= 0.3 is 6.03 Å². The van der Waals surface area contributed by atoms with E-state index in [0.717, 1.165) is 30.0 Å². The van der Waals surface area contributed by atoms with E-state index in [1.807, 2.05) is 77.0 Å². The largest absolute Gasteiger partial charge is 0.496 e. The molecule has 0 spiro atoms. The molecule has 0 saturated carbocycles. The molecule has 13 heteroatoms. The summed E-state index contributed by atoms with van der Waals surface area (Å²) < 4.78 is 20.5. The third-order valence-electron chi connectivity index (χ3n) is 8.56. The first-order valence-electron chi connectivity index (χ1n) is 14.9. The molecule has 43 heavy (non-hydrogen) atoms. The standard InChI is InChI=1S/C30H41N8O4S/c1-6-21(2)37-30(39)36(23-12-8-7-9-13-23)29(35-17-16-31-18-25(35)24-14-10-11-15-26(24)40-5)38(37,27-19-41-22(3)42-27)43-28-33-32-20-34(28)4/h7-15,20-22,25,27,29,31H,6,16-19H2,1-5H3/q+1. The lowest BCUT2D eigenvalue weighted by Crippen LogP contribution is -2.71. The van der Waals surface area contributed by atoms with E-state index in [1.165, 1.54) is 11.9 Å². The minimum absolute atomic E-state index is 0.0608. The number of nitrogens with one attached hydrogen (secondary N) is 1. The molecule has 2 aromatic carbocycles. The quantitative estimate of drug-likeness (QED) is 0.286. The van der Waals surface area contributed by atoms with Crippen molar-refractivity contribution in [3.05, 3.63) is 66.5 Å². The number of aryl methyl sites for hydroxylation is 1. The van der Waals surface area contributed by atoms with Crippen molar-refractivity contribution in [2.24, 2.45) is 7.05 Å². The van der Waals surface area contributed by atoms with E-state index >= 15 is 4.79 Å². The van der Waals surface area contributed by atoms with E-state index in [0.29, 0.717) is 24.9 Å². The second-order valence-corrected chi connectivity index (χ2v) is 12.2. The average Bonchev–Trinajstić information content (AvgIpc) is 3.73. The van der Waals surface area contributed by atoms with Gasteiger partial charge in [-0.25, -0.2) is 14.6 Å². The van der Waals surface area contributed by atoms with E-state index in [9.17, 15) is 0 Å². The summed E-state index contributed by atoms with van der Waals surface area (Å²) in [5.41, 5.74) is 1.87. The van der Waals surface area contributed by atoms with Crippen molar-refractivity contribution in [1.29, 1.82) is 0 Å². The lowest BCUT2D eigenvalue weighted by Gasteiger charge is -2.50. The highest BCUT2D eigenvalue weighted by atomic mass is 32.2. The van der Waals surface area contributed by atoms with Crippen LogP contribution in [0.15, 0.2) is 66.1 Å². The van der Waals surface area contributed by atoms with Crippen LogP contribution in [0.3, 0.4) is 0 Å². The number of anilines is 1. The molecule has 1 aromatic heterocycles. The predicted molar refractivity (Wildman–Crippen MR) is 162 cm³/mol. The fourth-order valence-corrected chi connectivity index (χ4v) is 7.72. The van der Waals surface area contributed by atoms with Crippen LogP contribution in [0.5, 0.6) is 5.75 Å². The van der Waals surface area contributed by atoms with Gasteiger partial charge in [-0.3, -0.25) is 4.74 Å². The Bertz CT molecular complexity index is 1410. The summed E-state index contributed by atoms with van der Waals surface area (Å²) in [5.74, 6) is 0.809. The predicted octanol–water partition coefficient (Wildman–Crippen LogP) is 3.95. The van der Waals surface area contributed by atoms with Gasteiger partial charge in [-0.1, -0.05) is 47.3 Å². The third kappa shape index (κ3) is 5.17. The van der Waals surface area contributed by atoms with Gasteiger partial charge in [0.15, 0.2) is 18.2 Å². The summed E-state index contributed by atoms with van der Waals surface area (Å²) in [6.07, 6.45) is 0.975. The van der Waals surface area contributed by atoms with Gasteiger partial charge in [0.25, 0.3) is 17.7 Å². The molecule has 6 atom stereocenters. The lowest BCUT2D eigenvalue weighted by molar-refractivity contribution is -0.969. The second kappa shape index (κ2) is 12.4. The van der Waals surface area contributed by atoms with E-state index in [1.54, 1.807) is 13.4 Å². The maximum Gasteiger partial charge on any atom is 0.375 e. The number of rotatable bonds is 9. The first-order chi connectivity index (χ1) is 20.9. The maximum atomic E-state index is 15.0. The van der Waals surface area contributed by atoms with Crippen LogP contribution < -0.4 is 15.0 Å². The number of ether oxygens (including phenoxy) is 3. The van der Waals surface area contributed by atoms with Crippen LogP contribution in [0.4, 0.5) is 10.5 Å². The zero-order valence-corrected chi connectivity index (χ0v) is 26.2. The Morgan fingerprint density at radius 1 is 1.19 bits per heavy atom. The van der Waals surface area contributed by atoms with Crippen LogP contribution in [0.1, 0.15) is 38.8 Å². The van der Waals surface area contributed by atoms with Crippen LogP contribution in [0.2, 0.25) is 0 Å². The molecule has 3 aliphatic rings. The van der Waals surface area contributed by atoms with Crippen molar-refractivity contribution in [3.63, 3.8) is 0 Å². The molecule has 0 bridgehead atoms. The Labute approximate surface area is 257 Å². The van der Waals surface area contributed by atoms with Gasteiger partial charge in [0.05, 0.1) is 24.9 Å². The van der Waals surface area contributed by atoms with Crippen LogP contribution in [-0.2, 0) is 16.5 Å². The number of aromatic nitrogens is 3. The number of amides is 2. The molecule has 6 rings (SSSR count). The van der Waals surface area contributed by atoms with E-state index in [2.05, 4.69) is 40.3 Å². The average molecular weight is 610 g/mol. The molecule has 3 fully saturated rings. The Balaban J connectivity index is 1.62. The Morgan fingerprint density at radius 2 is 1.95 bits per heavy atom. The molecule has 230 valence electrons. The number of hydrogen-bond acceptors (Lipinski definition) is 9. The molecule has 1 N–H and O–H groups in total. The van der Waals surface area contributed by atoms with Crippen molar-refractivity contribution < 1.29 is 23.0 Å². The Morgan fingerprint density at radius 3 is 2.63 bits per heavy atom. The van der Waals surface area contributed by atoms with Gasteiger partial charge in [0.1, 0.15) is 18.7 Å². The van der Waals surface area contributed by atoms with Crippen molar-refractivity contribution in [3.8, 4) is 5.75 Å². The molecule has 4 heterocycles. The molecule has 0 radical (unpaired) electrons. The normalized spacial score (nSPS) is 28.9. The molecule has 3 aliphatic heterocycles. The van der Waals surface area contributed by atoms with Gasteiger partial charge in [-0.05, 0) is 38.5 Å². The molecular formula is C30H41N8O4S+. The molecule has 2 amide bonds. The topological polar surface area (TPSA) is 97.2 Å². The summed E-state index contributed by atoms with van der Waals surface area (Å²) >= 11 is 1.49. The summed E-state index contributed by atoms with van der Waals surface area (Å²) in [7, 11) is 3.63. The minimum atomic E-state index is -0.526. The van der Waals surface area contributed by atoms with Crippen molar-refractivity contribution in [2.75, 3.05) is 38.3 Å². The second-order valence-electron chi connectivity index (χ2n) is 11.1. The van der Waals surface area contributed by atoms with Gasteiger partial charge < -0.3 is 19.4 Å². The Hall–Kier alpha value is -3.20. The molecular weight excluding hydrogens is 568 g/mol. The molecule has 0 aliphatic carbocycles. The number of methoxy groups -OCH3 is 1. The number of carbonyl (C=O) groups excluding carboxylic acids is 1. The first kappa shape index (κ1) is 29.9. The van der Waals surface area contributed by atoms with Crippen molar-refractivity contribution >= 4 is 23.7 Å². The van der Waals surface area contributed by atoms with E-state index < -0.39 is 18.8 Å². The molecule has 3 saturated heterocycles. The van der Waals surface area contributed by atoms with Gasteiger partial charge in [-0.15, -0.1) is 15.2 Å². The summed E-state index contributed by atoms with van der Waals surface area (Å²) in [5, 5.41) is 14.9. The van der Waals surface area contributed by atoms with Crippen molar-refractivity contribution in [2.45, 2.75) is 63.2 Å². The van der Waals surface area contributed by atoms with Crippen LogP contribution in [0.25, 0.3) is 0 Å². The first-order valence-corrected chi connectivity index (χ1v) is 15.6. The number of nitrogens with zero attached hydrogens (tertiary/aromatic N) is 7. The van der Waals surface area contributed by atoms with Gasteiger partial charge in [-0.2, -0.15) is 0 Å². The highest BCUT2D eigenvalue weighted by molar-refractivity contribution is 7.93. The maximum absolute atomic E-state index is 15.0. The van der Waals surface area contributed by atoms with E-state index in [4.69, 9.17) is 14.2 Å². The monoisotopic (exact) mass is 609 g/mol. The van der Waals surface area contributed by atoms with Gasteiger partial charge in [0, 0.05) is 32.2 Å². The number of urea groups is 1. The fourth-order valence-electron chi connectivity index (χ4n) is 6.34. The van der Waals surface area contributed by atoms with Crippen LogP contribution >= 0.6 is 11.9 Å². The van der Waals surface area contributed by atoms with Crippen molar-refractivity contribution in [1.82, 2.24) is 30.0 Å². The van der Waals surface area contributed by atoms with Crippen LogP contribution in [-0.4, -0.2) is 92.9 Å². The van der Waals surface area contributed by atoms with Crippen LogP contribution in [0, 0.1) is 0 Å². The highest BCUT2D eigenvalue weighted by Gasteiger charge is 2.70. The number of benzene rings is 2. The third-order valence-corrected chi connectivity index (χ3v) is 9.98. The number of para-hydroxylation sites is 2. The molecule has 6 unspecified atom stereocenters. The van der Waals surface area contributed by atoms with E-state index in [-0.39, 0.29) is 22.1 Å². The molecule has 12 nitrogen and oxygen atoms in total. The minimum Gasteiger partial charge on any atom is -0.496 e. The molecule has 3 aromatic rings. The summed E-state index contributed by atoms with van der Waals surface area (Å²) in [4.78, 5) is 19.4. The highest BCUT2D eigenvalue weighted by Crippen LogP contribution is 2.51. The Kier molecular flexibility index (Phi) is 8.63. The number of hydrogen-bond donors (Lipinski definition) is 1. The summed E-state index contributed by atoms with van der Waals surface area (Å²) in [6, 6.07) is 17.7. The zero-order valence-electron chi connectivity index (χ0n) is 25.4. The lowest BCUT2D eigenvalue weighted by atomic mass is 10.0. The zero-order chi connectivity index (χ0) is 30.1. The summed E-state index contributed by atoms with van der Waals surface area (Å²) in [6.45, 7) is 8.55. The number of quaternary nitrogens is 1. The number of piperazine rings is 1. The smallest absolute Gasteiger partial charge is 0.375 e. The number of carbonyl (C=O) groups is 1.